The second-order valence-corrected chi connectivity index (χ2v) is 8.38. The van der Waals surface area contributed by atoms with E-state index < -0.39 is 0 Å². The molecule has 0 bridgehead atoms. The summed E-state index contributed by atoms with van der Waals surface area (Å²) in [6.07, 6.45) is 5.63. The number of fused-ring (bicyclic) bond motifs is 1. The summed E-state index contributed by atoms with van der Waals surface area (Å²) in [6, 6.07) is 12.9. The molecule has 1 atom stereocenters. The molecule has 2 aliphatic rings. The number of likely N-dealkylation sites (tertiary alicyclic amines) is 1. The number of carbonyl (C=O) groups is 1. The van der Waals surface area contributed by atoms with Crippen LogP contribution in [0.1, 0.15) is 47.7 Å². The van der Waals surface area contributed by atoms with Gasteiger partial charge in [0.2, 0.25) is 0 Å². The van der Waals surface area contributed by atoms with Crippen LogP contribution in [-0.2, 0) is 13.0 Å². The minimum absolute atomic E-state index is 0.0140. The van der Waals surface area contributed by atoms with Crippen molar-refractivity contribution in [3.63, 3.8) is 0 Å². The van der Waals surface area contributed by atoms with Crippen LogP contribution in [0.25, 0.3) is 0 Å². The number of nitrogens with zero attached hydrogens (tertiary/aromatic N) is 3. The summed E-state index contributed by atoms with van der Waals surface area (Å²) in [5.74, 6) is 0.752. The van der Waals surface area contributed by atoms with E-state index in [-0.39, 0.29) is 18.6 Å². The lowest BCUT2D eigenvalue weighted by Gasteiger charge is -2.40. The Morgan fingerprint density at radius 1 is 1.17 bits per heavy atom. The number of aromatic nitrogens is 1. The smallest absolute Gasteiger partial charge is 0.255 e. The third-order valence-corrected chi connectivity index (χ3v) is 6.50. The van der Waals surface area contributed by atoms with Crippen LogP contribution in [0.2, 0.25) is 0 Å². The van der Waals surface area contributed by atoms with E-state index in [1.54, 1.807) is 6.20 Å². The van der Waals surface area contributed by atoms with Gasteiger partial charge < -0.3 is 15.3 Å². The Morgan fingerprint density at radius 3 is 2.60 bits per heavy atom. The molecule has 0 aliphatic carbocycles. The normalized spacial score (nSPS) is 18.7. The fraction of sp³-hybridized carbons (Fsp3) is 0.500. The van der Waals surface area contributed by atoms with Gasteiger partial charge in [-0.2, -0.15) is 0 Å². The number of pyridine rings is 1. The van der Waals surface area contributed by atoms with Gasteiger partial charge in [0.15, 0.2) is 0 Å². The topological polar surface area (TPSA) is 68.7 Å². The van der Waals surface area contributed by atoms with Crippen LogP contribution >= 0.6 is 0 Å². The molecule has 6 nitrogen and oxygen atoms in total. The average molecular weight is 409 g/mol. The Morgan fingerprint density at radius 2 is 1.93 bits per heavy atom. The predicted octanol–water partition coefficient (Wildman–Crippen LogP) is 2.93. The van der Waals surface area contributed by atoms with Crippen molar-refractivity contribution in [1.82, 2.24) is 14.8 Å². The second kappa shape index (κ2) is 9.58. The zero-order valence-corrected chi connectivity index (χ0v) is 17.8. The fourth-order valence-electron chi connectivity index (χ4n) is 4.54. The minimum Gasteiger partial charge on any atom is -0.394 e. The maximum absolute atomic E-state index is 12.9. The summed E-state index contributed by atoms with van der Waals surface area (Å²) in [6.45, 7) is 5.81. The number of carbonyl (C=O) groups excluding carboxylic acids is 1. The molecule has 1 fully saturated rings. The molecule has 6 heteroatoms. The molecule has 1 amide bonds. The van der Waals surface area contributed by atoms with Crippen molar-refractivity contribution in [3.05, 3.63) is 59.3 Å². The molecule has 0 spiro atoms. The first-order valence-electron chi connectivity index (χ1n) is 11.1. The first-order valence-corrected chi connectivity index (χ1v) is 11.1. The van der Waals surface area contributed by atoms with E-state index in [1.165, 1.54) is 11.1 Å². The van der Waals surface area contributed by atoms with Gasteiger partial charge in [0.25, 0.3) is 5.91 Å². The van der Waals surface area contributed by atoms with Crippen LogP contribution in [-0.4, -0.2) is 64.1 Å². The predicted molar refractivity (Wildman–Crippen MR) is 119 cm³/mol. The Bertz CT molecular complexity index is 843. The summed E-state index contributed by atoms with van der Waals surface area (Å²) >= 11 is 0. The lowest BCUT2D eigenvalue weighted by Crippen LogP contribution is -2.48. The molecule has 1 aromatic heterocycles. The van der Waals surface area contributed by atoms with E-state index in [2.05, 4.69) is 39.5 Å². The molecule has 2 aliphatic heterocycles. The third-order valence-electron chi connectivity index (χ3n) is 6.50. The van der Waals surface area contributed by atoms with E-state index in [1.807, 2.05) is 24.0 Å². The molecule has 160 valence electrons. The quantitative estimate of drug-likeness (QED) is 0.769. The molecule has 4 rings (SSSR count). The van der Waals surface area contributed by atoms with Gasteiger partial charge >= 0.3 is 0 Å². The van der Waals surface area contributed by atoms with E-state index in [0.717, 1.165) is 51.9 Å². The van der Waals surface area contributed by atoms with Gasteiger partial charge in [0.05, 0.1) is 18.2 Å². The number of rotatable bonds is 6. The molecule has 0 saturated carbocycles. The number of anilines is 1. The highest BCUT2D eigenvalue weighted by Gasteiger charge is 2.29. The molecule has 0 radical (unpaired) electrons. The van der Waals surface area contributed by atoms with Gasteiger partial charge in [0, 0.05) is 38.4 Å². The number of aliphatic hydroxyl groups excluding tert-OH is 1. The molecule has 2 aromatic rings. The van der Waals surface area contributed by atoms with Crippen molar-refractivity contribution in [2.24, 2.45) is 0 Å². The molecule has 30 heavy (non-hydrogen) atoms. The van der Waals surface area contributed by atoms with Crippen LogP contribution in [0, 0.1) is 0 Å². The van der Waals surface area contributed by atoms with Gasteiger partial charge in [0.1, 0.15) is 5.82 Å². The molecule has 1 aromatic carbocycles. The Balaban J connectivity index is 1.30. The van der Waals surface area contributed by atoms with Crippen molar-refractivity contribution in [1.29, 1.82) is 0 Å². The minimum atomic E-state index is -0.0140. The number of hydrogen-bond acceptors (Lipinski definition) is 5. The summed E-state index contributed by atoms with van der Waals surface area (Å²) < 4.78 is 0. The molecular weight excluding hydrogens is 376 g/mol. The van der Waals surface area contributed by atoms with Crippen LogP contribution in [0.4, 0.5) is 5.82 Å². The Hall–Kier alpha value is -2.44. The first-order chi connectivity index (χ1) is 14.7. The second-order valence-electron chi connectivity index (χ2n) is 8.38. The van der Waals surface area contributed by atoms with E-state index in [9.17, 15) is 9.90 Å². The average Bonchev–Trinajstić information content (AvgIpc) is 2.82. The maximum Gasteiger partial charge on any atom is 0.255 e. The van der Waals surface area contributed by atoms with Gasteiger partial charge in [-0.05, 0) is 48.9 Å². The number of hydrogen-bond donors (Lipinski definition) is 2. The van der Waals surface area contributed by atoms with E-state index in [4.69, 9.17) is 0 Å². The third kappa shape index (κ3) is 4.65. The van der Waals surface area contributed by atoms with Crippen LogP contribution in [0.15, 0.2) is 42.6 Å². The van der Waals surface area contributed by atoms with Gasteiger partial charge in [-0.1, -0.05) is 31.2 Å². The summed E-state index contributed by atoms with van der Waals surface area (Å²) in [5.41, 5.74) is 3.56. The molecule has 3 heterocycles. The molecule has 2 N–H and O–H groups in total. The van der Waals surface area contributed by atoms with Crippen molar-refractivity contribution in [2.45, 2.75) is 51.2 Å². The van der Waals surface area contributed by atoms with Crippen molar-refractivity contribution < 1.29 is 9.90 Å². The molecule has 0 unspecified atom stereocenters. The van der Waals surface area contributed by atoms with Crippen LogP contribution in [0.3, 0.4) is 0 Å². The van der Waals surface area contributed by atoms with Gasteiger partial charge in [-0.25, -0.2) is 4.98 Å². The highest BCUT2D eigenvalue weighted by Crippen LogP contribution is 2.25. The fourth-order valence-corrected chi connectivity index (χ4v) is 4.54. The number of piperidine rings is 1. The molecule has 1 saturated heterocycles. The first kappa shape index (κ1) is 20.8. The largest absolute Gasteiger partial charge is 0.394 e. The van der Waals surface area contributed by atoms with Crippen LogP contribution in [0.5, 0.6) is 0 Å². The van der Waals surface area contributed by atoms with E-state index >= 15 is 0 Å². The Labute approximate surface area is 178 Å². The van der Waals surface area contributed by atoms with E-state index in [0.29, 0.717) is 17.4 Å². The van der Waals surface area contributed by atoms with Gasteiger partial charge in [-0.3, -0.25) is 9.69 Å². The summed E-state index contributed by atoms with van der Waals surface area (Å²) in [4.78, 5) is 21.8. The zero-order valence-electron chi connectivity index (χ0n) is 17.8. The Kier molecular flexibility index (Phi) is 6.65. The summed E-state index contributed by atoms with van der Waals surface area (Å²) in [5, 5.41) is 12.5. The summed E-state index contributed by atoms with van der Waals surface area (Å²) in [7, 11) is 0. The van der Waals surface area contributed by atoms with Gasteiger partial charge in [-0.15, -0.1) is 0 Å². The zero-order chi connectivity index (χ0) is 20.9. The SMILES string of the molecule is CC[C@@H](CO)Nc1ccc(C(=O)N2CCC(N3CCc4ccccc4C3)CC2)cn1. The lowest BCUT2D eigenvalue weighted by atomic mass is 9.95. The highest BCUT2D eigenvalue weighted by molar-refractivity contribution is 5.94. The van der Waals surface area contributed by atoms with Crippen molar-refractivity contribution in [3.8, 4) is 0 Å². The number of amides is 1. The lowest BCUT2D eigenvalue weighted by molar-refractivity contribution is 0.0599. The number of benzene rings is 1. The number of nitrogens with one attached hydrogen (secondary N) is 1. The van der Waals surface area contributed by atoms with Crippen molar-refractivity contribution in [2.75, 3.05) is 31.6 Å². The maximum atomic E-state index is 12.9. The highest BCUT2D eigenvalue weighted by atomic mass is 16.3. The number of aliphatic hydroxyl groups is 1. The molecular formula is C24H32N4O2. The van der Waals surface area contributed by atoms with Crippen LogP contribution < -0.4 is 5.32 Å². The van der Waals surface area contributed by atoms with Crippen molar-refractivity contribution >= 4 is 11.7 Å². The monoisotopic (exact) mass is 408 g/mol. The standard InChI is InChI=1S/C24H32N4O2/c1-2-21(17-29)26-23-8-7-19(15-25-23)24(30)27-13-10-22(11-14-27)28-12-9-18-5-3-4-6-20(18)16-28/h3-8,15,21-22,29H,2,9-14,16-17H2,1H3,(H,25,26)/t21-/m0/s1.